The second-order valence-corrected chi connectivity index (χ2v) is 15.0. The number of hydrogen-bond donors (Lipinski definition) is 4. The maximum Gasteiger partial charge on any atom is 0.481 e. The molecule has 0 spiro atoms. The average Bonchev–Trinajstić information content (AvgIpc) is 3.21. The van der Waals surface area contributed by atoms with Crippen molar-refractivity contribution in [3.63, 3.8) is 0 Å². The zero-order chi connectivity index (χ0) is 31.5. The number of nitrogens with one attached hydrogen (secondary N) is 2. The molecule has 4 aliphatic rings. The minimum atomic E-state index is -3.70. The van der Waals surface area contributed by atoms with Gasteiger partial charge in [0.2, 0.25) is 15.9 Å². The van der Waals surface area contributed by atoms with E-state index in [1.165, 1.54) is 0 Å². The predicted octanol–water partition coefficient (Wildman–Crippen LogP) is 1.31. The van der Waals surface area contributed by atoms with E-state index in [2.05, 4.69) is 44.9 Å². The molecule has 0 unspecified atom stereocenters. The molecule has 1 heterocycles. The number of ketones is 1. The second kappa shape index (κ2) is 13.6. The molecule has 238 valence electrons. The summed E-state index contributed by atoms with van der Waals surface area (Å²) in [7, 11) is -4.32. The van der Waals surface area contributed by atoms with Crippen LogP contribution < -0.4 is 21.6 Å². The van der Waals surface area contributed by atoms with E-state index in [-0.39, 0.29) is 73.1 Å². The lowest BCUT2D eigenvalue weighted by Gasteiger charge is -2.64. The van der Waals surface area contributed by atoms with Gasteiger partial charge in [0.1, 0.15) is 5.78 Å². The molecule has 14 nitrogen and oxygen atoms in total. The lowest BCUT2D eigenvalue weighted by Crippen LogP contribution is -2.65. The van der Waals surface area contributed by atoms with Gasteiger partial charge in [-0.25, -0.2) is 28.7 Å². The Morgan fingerprint density at radius 1 is 1.21 bits per heavy atom. The highest BCUT2D eigenvalue weighted by molar-refractivity contribution is 7.89. The largest absolute Gasteiger partial charge is 0.481 e. The molecule has 0 aromatic heterocycles. The molecule has 1 aliphatic heterocycles. The van der Waals surface area contributed by atoms with Gasteiger partial charge < -0.3 is 20.4 Å². The molecule has 16 heteroatoms. The lowest BCUT2D eigenvalue weighted by atomic mass is 9.43. The SMILES string of the molecule is CC(C)C[C@H](NC(=O)[C@H](CCCN=C(N)N[N+](=O)[O-])CC(=O)CCCS(N)(=O)=O)B1O[C@@H]2C[C@@H]3C[C@@H](C3(C)C)[C@]2(C)O1. The van der Waals surface area contributed by atoms with Crippen LogP contribution in [0.5, 0.6) is 0 Å². The maximum atomic E-state index is 13.7. The van der Waals surface area contributed by atoms with Gasteiger partial charge >= 0.3 is 7.12 Å². The van der Waals surface area contributed by atoms with Gasteiger partial charge in [-0.1, -0.05) is 33.1 Å². The number of sulfonamides is 1. The summed E-state index contributed by atoms with van der Waals surface area (Å²) in [5.74, 6) is -1.25. The topological polar surface area (TPSA) is 218 Å². The summed E-state index contributed by atoms with van der Waals surface area (Å²) in [6.07, 6.45) is 3.14. The fourth-order valence-electron chi connectivity index (χ4n) is 6.96. The summed E-state index contributed by atoms with van der Waals surface area (Å²) in [6, 6.07) is 0. The van der Waals surface area contributed by atoms with Crippen molar-refractivity contribution in [1.29, 1.82) is 0 Å². The highest BCUT2D eigenvalue weighted by Crippen LogP contribution is 2.65. The van der Waals surface area contributed by atoms with Gasteiger partial charge in [-0.2, -0.15) is 0 Å². The van der Waals surface area contributed by atoms with Gasteiger partial charge in [-0.3, -0.25) is 9.59 Å². The van der Waals surface area contributed by atoms with Gasteiger partial charge in [0, 0.05) is 25.3 Å². The van der Waals surface area contributed by atoms with Crippen LogP contribution in [0.4, 0.5) is 0 Å². The van der Waals surface area contributed by atoms with Crippen LogP contribution in [0, 0.1) is 39.2 Å². The highest BCUT2D eigenvalue weighted by Gasteiger charge is 2.68. The number of aliphatic imine (C=N–C) groups is 1. The number of Topliss-reactive ketones (excluding diaryl/α,β-unsaturated/α-hetero) is 1. The van der Waals surface area contributed by atoms with Gasteiger partial charge in [-0.15, -0.1) is 0 Å². The molecule has 0 aromatic rings. The van der Waals surface area contributed by atoms with Crippen LogP contribution in [-0.4, -0.2) is 68.2 Å². The van der Waals surface area contributed by atoms with E-state index in [9.17, 15) is 28.1 Å². The van der Waals surface area contributed by atoms with Gasteiger partial charge in [-0.05, 0) is 68.6 Å². The minimum Gasteiger partial charge on any atom is -0.404 e. The summed E-state index contributed by atoms with van der Waals surface area (Å²) >= 11 is 0. The van der Waals surface area contributed by atoms with Crippen LogP contribution in [0.25, 0.3) is 0 Å². The van der Waals surface area contributed by atoms with Crippen molar-refractivity contribution in [2.24, 2.45) is 45.0 Å². The quantitative estimate of drug-likeness (QED) is 0.0488. The molecule has 2 bridgehead atoms. The van der Waals surface area contributed by atoms with Crippen LogP contribution >= 0.6 is 0 Å². The Morgan fingerprint density at radius 2 is 1.90 bits per heavy atom. The number of carbonyl (C=O) groups is 2. The summed E-state index contributed by atoms with van der Waals surface area (Å²) < 4.78 is 35.6. The monoisotopic (exact) mass is 614 g/mol. The van der Waals surface area contributed by atoms with Crippen molar-refractivity contribution < 1.29 is 32.3 Å². The molecule has 0 radical (unpaired) electrons. The van der Waals surface area contributed by atoms with E-state index in [0.29, 0.717) is 24.7 Å². The van der Waals surface area contributed by atoms with Crippen LogP contribution in [0.15, 0.2) is 4.99 Å². The standard InChI is InChI=1S/C26H47BN6O8S/c1-16(2)12-22(27-40-21-15-18-14-20(25(18,3)4)26(21,5)41-27)31-23(35)17(8-6-10-30-24(28)32-33(36)37)13-19(34)9-7-11-42(29,38)39/h16-18,20-22H,6-15H2,1-5H3,(H,31,35)(H3,28,30,32)(H2,29,38,39)/t17-,18+,20+,21-,22+,26+/m1/s1. The third-order valence-electron chi connectivity index (χ3n) is 9.28. The molecule has 3 aliphatic carbocycles. The molecule has 1 amide bonds. The van der Waals surface area contributed by atoms with Crippen molar-refractivity contribution in [3.8, 4) is 0 Å². The van der Waals surface area contributed by atoms with E-state index in [0.717, 1.165) is 12.8 Å². The first-order valence-corrected chi connectivity index (χ1v) is 16.5. The van der Waals surface area contributed by atoms with Crippen LogP contribution in [0.1, 0.15) is 86.0 Å². The summed E-state index contributed by atoms with van der Waals surface area (Å²) in [5.41, 5.74) is 6.98. The number of nitrogens with zero attached hydrogens (tertiary/aromatic N) is 2. The Hall–Kier alpha value is -2.30. The number of nitrogens with two attached hydrogens (primary N) is 2. The fraction of sp³-hybridized carbons (Fsp3) is 0.885. The van der Waals surface area contributed by atoms with Gasteiger partial charge in [0.15, 0.2) is 5.03 Å². The number of hydrogen-bond acceptors (Lipinski definition) is 9. The number of carbonyl (C=O) groups excluding carboxylic acids is 2. The van der Waals surface area contributed by atoms with Crippen molar-refractivity contribution >= 4 is 34.8 Å². The number of primary sulfonamides is 1. The molecular weight excluding hydrogens is 567 g/mol. The van der Waals surface area contributed by atoms with E-state index in [1.54, 1.807) is 5.43 Å². The van der Waals surface area contributed by atoms with E-state index in [1.807, 2.05) is 0 Å². The summed E-state index contributed by atoms with van der Waals surface area (Å²) in [6.45, 7) is 10.9. The van der Waals surface area contributed by atoms with Gasteiger partial charge in [0.05, 0.1) is 23.4 Å². The van der Waals surface area contributed by atoms with E-state index in [4.69, 9.17) is 20.2 Å². The smallest absolute Gasteiger partial charge is 0.404 e. The lowest BCUT2D eigenvalue weighted by molar-refractivity contribution is -0.525. The Balaban J connectivity index is 1.69. The highest BCUT2D eigenvalue weighted by atomic mass is 32.2. The van der Waals surface area contributed by atoms with Crippen molar-refractivity contribution in [3.05, 3.63) is 10.1 Å². The average molecular weight is 615 g/mol. The molecule has 3 saturated carbocycles. The maximum absolute atomic E-state index is 13.7. The fourth-order valence-corrected chi connectivity index (χ4v) is 7.50. The molecule has 4 fully saturated rings. The van der Waals surface area contributed by atoms with E-state index >= 15 is 0 Å². The Morgan fingerprint density at radius 3 is 2.50 bits per heavy atom. The van der Waals surface area contributed by atoms with Crippen LogP contribution in [0.2, 0.25) is 0 Å². The molecule has 1 saturated heterocycles. The number of nitro groups is 1. The Labute approximate surface area is 248 Å². The molecule has 6 atom stereocenters. The first kappa shape index (κ1) is 34.2. The predicted molar refractivity (Wildman–Crippen MR) is 158 cm³/mol. The first-order chi connectivity index (χ1) is 19.4. The summed E-state index contributed by atoms with van der Waals surface area (Å²) in [4.78, 5) is 40.8. The molecular formula is C26H47BN6O8S. The Kier molecular flexibility index (Phi) is 11.0. The summed E-state index contributed by atoms with van der Waals surface area (Å²) in [5, 5.41) is 17.9. The minimum absolute atomic E-state index is 0.0271. The third kappa shape index (κ3) is 8.63. The van der Waals surface area contributed by atoms with Crippen molar-refractivity contribution in [2.45, 2.75) is 104 Å². The number of amides is 1. The second-order valence-electron chi connectivity index (χ2n) is 13.3. The first-order valence-electron chi connectivity index (χ1n) is 14.8. The molecule has 6 N–H and O–H groups in total. The molecule has 42 heavy (non-hydrogen) atoms. The molecule has 0 aromatic carbocycles. The normalized spacial score (nSPS) is 28.0. The van der Waals surface area contributed by atoms with Crippen molar-refractivity contribution in [1.82, 2.24) is 10.7 Å². The molecule has 4 rings (SSSR count). The Bertz CT molecular complexity index is 1150. The zero-order valence-corrected chi connectivity index (χ0v) is 26.2. The van der Waals surface area contributed by atoms with E-state index < -0.39 is 39.6 Å². The van der Waals surface area contributed by atoms with Crippen LogP contribution in [0.3, 0.4) is 0 Å². The van der Waals surface area contributed by atoms with Gasteiger partial charge in [0.25, 0.3) is 5.96 Å². The van der Waals surface area contributed by atoms with Crippen molar-refractivity contribution in [2.75, 3.05) is 12.3 Å². The number of rotatable bonds is 16. The van der Waals surface area contributed by atoms with Crippen LogP contribution in [-0.2, 0) is 28.9 Å². The number of hydrazine groups is 1. The number of guanidine groups is 1. The third-order valence-corrected chi connectivity index (χ3v) is 10.1. The zero-order valence-electron chi connectivity index (χ0n) is 25.3.